The fourth-order valence-electron chi connectivity index (χ4n) is 2.58. The van der Waals surface area contributed by atoms with Gasteiger partial charge in [-0.1, -0.05) is 18.2 Å². The molecule has 1 aromatic rings. The Bertz CT molecular complexity index is 473. The van der Waals surface area contributed by atoms with Crippen molar-refractivity contribution < 1.29 is 23.4 Å². The zero-order chi connectivity index (χ0) is 13.4. The van der Waals surface area contributed by atoms with Gasteiger partial charge in [0.2, 0.25) is 5.92 Å². The van der Waals surface area contributed by atoms with E-state index in [1.165, 1.54) is 7.11 Å². The first-order chi connectivity index (χ1) is 8.41. The van der Waals surface area contributed by atoms with Crippen molar-refractivity contribution >= 4 is 5.97 Å². The van der Waals surface area contributed by atoms with Crippen LogP contribution in [-0.4, -0.2) is 24.1 Å². The maximum Gasteiger partial charge on any atom is 0.314 e. The number of halogens is 2. The molecule has 1 aromatic carbocycles. The third-order valence-electron chi connectivity index (χ3n) is 3.51. The van der Waals surface area contributed by atoms with E-state index in [0.717, 1.165) is 0 Å². The van der Waals surface area contributed by atoms with E-state index in [4.69, 9.17) is 4.74 Å². The molecule has 1 saturated carbocycles. The molecule has 18 heavy (non-hydrogen) atoms. The molecule has 0 saturated heterocycles. The summed E-state index contributed by atoms with van der Waals surface area (Å²) in [7, 11) is 1.40. The van der Waals surface area contributed by atoms with Crippen LogP contribution in [0.15, 0.2) is 24.3 Å². The highest BCUT2D eigenvalue weighted by Crippen LogP contribution is 2.51. The zero-order valence-electron chi connectivity index (χ0n) is 9.95. The third kappa shape index (κ3) is 1.94. The van der Waals surface area contributed by atoms with Gasteiger partial charge in [-0.05, 0) is 12.5 Å². The van der Waals surface area contributed by atoms with Crippen LogP contribution in [0.2, 0.25) is 0 Å². The summed E-state index contributed by atoms with van der Waals surface area (Å²) in [4.78, 5) is 11.5. The summed E-state index contributed by atoms with van der Waals surface area (Å²) < 4.78 is 31.9. The van der Waals surface area contributed by atoms with Gasteiger partial charge < -0.3 is 9.84 Å². The van der Waals surface area contributed by atoms with Crippen molar-refractivity contribution in [3.63, 3.8) is 0 Å². The molecule has 1 aliphatic rings. The molecule has 1 N–H and O–H groups in total. The van der Waals surface area contributed by atoms with Crippen LogP contribution in [0.1, 0.15) is 24.8 Å². The number of methoxy groups -OCH3 is 1. The number of carboxylic acid groups (broad SMARTS) is 1. The van der Waals surface area contributed by atoms with E-state index in [1.807, 2.05) is 0 Å². The second-order valence-electron chi connectivity index (χ2n) is 4.62. The fourth-order valence-corrected chi connectivity index (χ4v) is 2.58. The van der Waals surface area contributed by atoms with Gasteiger partial charge in [0.25, 0.3) is 0 Å². The van der Waals surface area contributed by atoms with Gasteiger partial charge in [-0.15, -0.1) is 0 Å². The Morgan fingerprint density at radius 3 is 2.50 bits per heavy atom. The van der Waals surface area contributed by atoms with E-state index < -0.39 is 30.1 Å². The Balaban J connectivity index is 2.53. The summed E-state index contributed by atoms with van der Waals surface area (Å²) in [6, 6.07) is 6.47. The monoisotopic (exact) mass is 256 g/mol. The van der Waals surface area contributed by atoms with E-state index in [1.54, 1.807) is 24.3 Å². The van der Waals surface area contributed by atoms with E-state index in [-0.39, 0.29) is 6.42 Å². The lowest BCUT2D eigenvalue weighted by atomic mass is 9.78. The third-order valence-corrected chi connectivity index (χ3v) is 3.51. The Labute approximate surface area is 103 Å². The lowest BCUT2D eigenvalue weighted by Crippen LogP contribution is -2.35. The lowest BCUT2D eigenvalue weighted by Gasteiger charge is -2.26. The molecule has 1 unspecified atom stereocenters. The fraction of sp³-hybridized carbons (Fsp3) is 0.462. The Morgan fingerprint density at radius 2 is 2.00 bits per heavy atom. The summed E-state index contributed by atoms with van der Waals surface area (Å²) in [5, 5.41) is 9.38. The summed E-state index contributed by atoms with van der Waals surface area (Å²) in [6.07, 6.45) is -1.15. The minimum absolute atomic E-state index is 0.0737. The molecule has 0 radical (unpaired) electrons. The number of carbonyl (C=O) groups is 1. The summed E-state index contributed by atoms with van der Waals surface area (Å²) >= 11 is 0. The molecule has 5 heteroatoms. The van der Waals surface area contributed by atoms with Crippen molar-refractivity contribution in [2.24, 2.45) is 0 Å². The molecule has 3 nitrogen and oxygen atoms in total. The van der Waals surface area contributed by atoms with Crippen molar-refractivity contribution in [2.75, 3.05) is 7.11 Å². The number of benzene rings is 1. The van der Waals surface area contributed by atoms with Crippen LogP contribution in [0.3, 0.4) is 0 Å². The van der Waals surface area contributed by atoms with Crippen LogP contribution in [0, 0.1) is 0 Å². The lowest BCUT2D eigenvalue weighted by molar-refractivity contribution is -0.145. The number of hydrogen-bond acceptors (Lipinski definition) is 2. The second kappa shape index (κ2) is 4.23. The topological polar surface area (TPSA) is 46.5 Å². The number of hydrogen-bond donors (Lipinski definition) is 1. The first kappa shape index (κ1) is 12.8. The zero-order valence-corrected chi connectivity index (χ0v) is 9.95. The maximum absolute atomic E-state index is 13.4. The molecule has 1 aliphatic carbocycles. The summed E-state index contributed by atoms with van der Waals surface area (Å²) in [6.45, 7) is 0. The summed E-state index contributed by atoms with van der Waals surface area (Å²) in [5.41, 5.74) is -1.21. The van der Waals surface area contributed by atoms with Crippen molar-refractivity contribution in [3.8, 4) is 5.75 Å². The molecule has 0 amide bonds. The molecule has 0 spiro atoms. The second-order valence-corrected chi connectivity index (χ2v) is 4.62. The molecular formula is C13H14F2O3. The molecule has 0 aromatic heterocycles. The Hall–Kier alpha value is -1.65. The van der Waals surface area contributed by atoms with Gasteiger partial charge in [0, 0.05) is 18.4 Å². The number of alkyl halides is 2. The van der Waals surface area contributed by atoms with E-state index >= 15 is 0 Å². The standard InChI is InChI=1S/C13H14F2O3/c1-18-10-5-3-2-4-9(10)12(11(16)17)6-7-13(14,15)8-12/h2-5H,6-8H2,1H3,(H,16,17). The van der Waals surface area contributed by atoms with Gasteiger partial charge in [-0.3, -0.25) is 4.79 Å². The highest BCUT2D eigenvalue weighted by atomic mass is 19.3. The normalized spacial score (nSPS) is 25.9. The molecule has 0 aliphatic heterocycles. The summed E-state index contributed by atoms with van der Waals surface area (Å²) in [5.74, 6) is -3.80. The predicted molar refractivity (Wildman–Crippen MR) is 61.1 cm³/mol. The molecule has 1 atom stereocenters. The number of ether oxygens (including phenoxy) is 1. The molecule has 2 rings (SSSR count). The number of carboxylic acids is 1. The molecule has 0 bridgehead atoms. The molecule has 0 heterocycles. The van der Waals surface area contributed by atoms with Gasteiger partial charge in [0.05, 0.1) is 7.11 Å². The van der Waals surface area contributed by atoms with Crippen LogP contribution >= 0.6 is 0 Å². The van der Waals surface area contributed by atoms with Crippen molar-refractivity contribution in [1.82, 2.24) is 0 Å². The average molecular weight is 256 g/mol. The number of aliphatic carboxylic acids is 1. The molecule has 98 valence electrons. The molecule has 1 fully saturated rings. The average Bonchev–Trinajstić information content (AvgIpc) is 2.67. The van der Waals surface area contributed by atoms with Crippen molar-refractivity contribution in [1.29, 1.82) is 0 Å². The van der Waals surface area contributed by atoms with E-state index in [2.05, 4.69) is 0 Å². The van der Waals surface area contributed by atoms with Crippen LogP contribution in [-0.2, 0) is 10.2 Å². The quantitative estimate of drug-likeness (QED) is 0.904. The maximum atomic E-state index is 13.4. The van der Waals surface area contributed by atoms with E-state index in [0.29, 0.717) is 11.3 Å². The van der Waals surface area contributed by atoms with Gasteiger partial charge >= 0.3 is 5.97 Å². The van der Waals surface area contributed by atoms with Gasteiger partial charge in [-0.2, -0.15) is 0 Å². The molecular weight excluding hydrogens is 242 g/mol. The van der Waals surface area contributed by atoms with Crippen molar-refractivity contribution in [3.05, 3.63) is 29.8 Å². The van der Waals surface area contributed by atoms with Crippen LogP contribution in [0.25, 0.3) is 0 Å². The van der Waals surface area contributed by atoms with Gasteiger partial charge in [0.1, 0.15) is 11.2 Å². The largest absolute Gasteiger partial charge is 0.496 e. The Morgan fingerprint density at radius 1 is 1.33 bits per heavy atom. The smallest absolute Gasteiger partial charge is 0.314 e. The van der Waals surface area contributed by atoms with Crippen LogP contribution < -0.4 is 4.74 Å². The SMILES string of the molecule is COc1ccccc1C1(C(=O)O)CCC(F)(F)C1. The first-order valence-corrected chi connectivity index (χ1v) is 5.66. The van der Waals surface area contributed by atoms with Crippen LogP contribution in [0.5, 0.6) is 5.75 Å². The van der Waals surface area contributed by atoms with Gasteiger partial charge in [0.15, 0.2) is 0 Å². The first-order valence-electron chi connectivity index (χ1n) is 5.66. The minimum Gasteiger partial charge on any atom is -0.496 e. The predicted octanol–water partition coefficient (Wildman–Crippen LogP) is 2.84. The highest BCUT2D eigenvalue weighted by molar-refractivity contribution is 5.83. The number of para-hydroxylation sites is 1. The van der Waals surface area contributed by atoms with Gasteiger partial charge in [-0.25, -0.2) is 8.78 Å². The van der Waals surface area contributed by atoms with E-state index in [9.17, 15) is 18.7 Å². The highest BCUT2D eigenvalue weighted by Gasteiger charge is 2.56. The minimum atomic E-state index is -2.93. The number of rotatable bonds is 3. The van der Waals surface area contributed by atoms with Crippen LogP contribution in [0.4, 0.5) is 8.78 Å². The Kier molecular flexibility index (Phi) is 3.00. The van der Waals surface area contributed by atoms with Crippen molar-refractivity contribution in [2.45, 2.75) is 30.6 Å².